The Morgan fingerprint density at radius 1 is 1.16 bits per heavy atom. The van der Waals surface area contributed by atoms with Crippen molar-refractivity contribution in [2.75, 3.05) is 12.4 Å². The van der Waals surface area contributed by atoms with Crippen molar-refractivity contribution in [3.05, 3.63) is 59.9 Å². The lowest BCUT2D eigenvalue weighted by molar-refractivity contribution is -0.115. The molecule has 10 heteroatoms. The molecule has 3 rings (SSSR count). The molecular weight excluding hydrogens is 438 g/mol. The van der Waals surface area contributed by atoms with E-state index >= 15 is 0 Å². The summed E-state index contributed by atoms with van der Waals surface area (Å²) in [5.74, 6) is -0.205. The summed E-state index contributed by atoms with van der Waals surface area (Å²) >= 11 is 1.18. The van der Waals surface area contributed by atoms with Crippen LogP contribution in [0.5, 0.6) is 11.5 Å². The number of methoxy groups -OCH3 is 1. The molecule has 1 aromatic heterocycles. The van der Waals surface area contributed by atoms with Gasteiger partial charge >= 0.3 is 0 Å². The number of anilines is 1. The monoisotopic (exact) mass is 462 g/mol. The molecule has 0 fully saturated rings. The van der Waals surface area contributed by atoms with Crippen LogP contribution in [0.15, 0.2) is 47.6 Å². The topological polar surface area (TPSA) is 78.3 Å². The Kier molecular flexibility index (Phi) is 7.68. The molecule has 0 aliphatic carbocycles. The third kappa shape index (κ3) is 5.37. The first-order valence-electron chi connectivity index (χ1n) is 9.99. The van der Waals surface area contributed by atoms with E-state index in [1.807, 2.05) is 30.5 Å². The van der Waals surface area contributed by atoms with Gasteiger partial charge in [-0.3, -0.25) is 4.79 Å². The molecule has 1 N–H and O–H groups in total. The van der Waals surface area contributed by atoms with Crippen LogP contribution in [0.4, 0.5) is 14.5 Å². The van der Waals surface area contributed by atoms with E-state index in [0.29, 0.717) is 29.0 Å². The number of para-hydroxylation sites is 2. The highest BCUT2D eigenvalue weighted by Gasteiger charge is 2.24. The van der Waals surface area contributed by atoms with Gasteiger partial charge in [0.05, 0.1) is 18.0 Å². The number of thioether (sulfide) groups is 1. The lowest BCUT2D eigenvalue weighted by atomic mass is 10.3. The smallest absolute Gasteiger partial charge is 0.237 e. The molecule has 1 heterocycles. The lowest BCUT2D eigenvalue weighted by Gasteiger charge is -2.18. The van der Waals surface area contributed by atoms with Gasteiger partial charge in [-0.15, -0.1) is 10.2 Å². The third-order valence-electron chi connectivity index (χ3n) is 4.64. The summed E-state index contributed by atoms with van der Waals surface area (Å²) < 4.78 is 40.1. The lowest BCUT2D eigenvalue weighted by Crippen LogP contribution is -2.23. The highest BCUT2D eigenvalue weighted by molar-refractivity contribution is 8.00. The van der Waals surface area contributed by atoms with Gasteiger partial charge in [0.1, 0.15) is 11.6 Å². The maximum Gasteiger partial charge on any atom is 0.237 e. The number of nitrogens with one attached hydrogen (secondary N) is 1. The highest BCUT2D eigenvalue weighted by Crippen LogP contribution is 2.32. The molecule has 32 heavy (non-hydrogen) atoms. The van der Waals surface area contributed by atoms with E-state index in [4.69, 9.17) is 9.47 Å². The van der Waals surface area contributed by atoms with Crippen LogP contribution in [0.1, 0.15) is 32.7 Å². The first-order valence-corrected chi connectivity index (χ1v) is 10.9. The molecule has 0 aliphatic heterocycles. The van der Waals surface area contributed by atoms with Crippen molar-refractivity contribution in [2.24, 2.45) is 0 Å². The first-order chi connectivity index (χ1) is 15.3. The molecule has 7 nitrogen and oxygen atoms in total. The fraction of sp³-hybridized carbons (Fsp3) is 0.318. The summed E-state index contributed by atoms with van der Waals surface area (Å²) in [5.41, 5.74) is -0.0830. The second-order valence-corrected chi connectivity index (χ2v) is 8.18. The minimum atomic E-state index is -0.836. The van der Waals surface area contributed by atoms with Gasteiger partial charge in [0.15, 0.2) is 28.6 Å². The molecule has 0 saturated heterocycles. The number of carbonyl (C=O) groups is 1. The molecule has 0 radical (unpaired) electrons. The van der Waals surface area contributed by atoms with E-state index in [9.17, 15) is 13.6 Å². The van der Waals surface area contributed by atoms with Crippen LogP contribution < -0.4 is 14.8 Å². The predicted molar refractivity (Wildman–Crippen MR) is 118 cm³/mol. The van der Waals surface area contributed by atoms with Crippen LogP contribution in [0.3, 0.4) is 0 Å². The van der Waals surface area contributed by atoms with E-state index in [1.165, 1.54) is 17.8 Å². The van der Waals surface area contributed by atoms with E-state index in [2.05, 4.69) is 15.5 Å². The Labute approximate surface area is 189 Å². The Bertz CT molecular complexity index is 1090. The van der Waals surface area contributed by atoms with Gasteiger partial charge in [0, 0.05) is 12.6 Å². The fourth-order valence-corrected chi connectivity index (χ4v) is 3.90. The van der Waals surface area contributed by atoms with Crippen molar-refractivity contribution in [3.63, 3.8) is 0 Å². The molecule has 1 amide bonds. The number of hydrogen-bond acceptors (Lipinski definition) is 6. The van der Waals surface area contributed by atoms with Crippen LogP contribution in [0.2, 0.25) is 0 Å². The average molecular weight is 463 g/mol. The van der Waals surface area contributed by atoms with E-state index < -0.39 is 28.9 Å². The summed E-state index contributed by atoms with van der Waals surface area (Å²) in [6.45, 7) is 6.02. The molecule has 0 saturated carbocycles. The standard InChI is InChI=1S/C22H24F2N4O3S/c1-5-28-20(13(2)31-19-9-7-6-8-18(19)30-4)26-27-22(28)32-14(3)21(29)25-17-11-10-15(23)12-16(17)24/h6-14H,5H2,1-4H3,(H,25,29). The van der Waals surface area contributed by atoms with Crippen LogP contribution in [0.25, 0.3) is 0 Å². The normalized spacial score (nSPS) is 12.8. The quantitative estimate of drug-likeness (QED) is 0.459. The number of benzene rings is 2. The van der Waals surface area contributed by atoms with Gasteiger partial charge in [-0.25, -0.2) is 8.78 Å². The summed E-state index contributed by atoms with van der Waals surface area (Å²) in [4.78, 5) is 12.5. The Hall–Kier alpha value is -3.14. The maximum atomic E-state index is 13.8. The second kappa shape index (κ2) is 10.4. The van der Waals surface area contributed by atoms with Gasteiger partial charge in [-0.2, -0.15) is 0 Å². The molecule has 2 unspecified atom stereocenters. The third-order valence-corrected chi connectivity index (χ3v) is 5.72. The Morgan fingerprint density at radius 3 is 2.53 bits per heavy atom. The van der Waals surface area contributed by atoms with Crippen molar-refractivity contribution in [3.8, 4) is 11.5 Å². The van der Waals surface area contributed by atoms with Crippen LogP contribution in [-0.2, 0) is 11.3 Å². The SMILES string of the molecule is CCn1c(SC(C)C(=O)Nc2ccc(F)cc2F)nnc1C(C)Oc1ccccc1OC. The predicted octanol–water partition coefficient (Wildman–Crippen LogP) is 4.84. The number of ether oxygens (including phenoxy) is 2. The number of amides is 1. The van der Waals surface area contributed by atoms with Crippen molar-refractivity contribution in [1.29, 1.82) is 0 Å². The minimum absolute atomic E-state index is 0.0830. The van der Waals surface area contributed by atoms with Crippen LogP contribution >= 0.6 is 11.8 Å². The zero-order valence-corrected chi connectivity index (χ0v) is 19.0. The van der Waals surface area contributed by atoms with Crippen molar-refractivity contribution in [1.82, 2.24) is 14.8 Å². The van der Waals surface area contributed by atoms with Crippen molar-refractivity contribution < 1.29 is 23.0 Å². The van der Waals surface area contributed by atoms with E-state index in [0.717, 1.165) is 12.1 Å². The van der Waals surface area contributed by atoms with E-state index in [1.54, 1.807) is 26.2 Å². The fourth-order valence-electron chi connectivity index (χ4n) is 2.98. The van der Waals surface area contributed by atoms with Crippen LogP contribution in [-0.4, -0.2) is 33.0 Å². The number of halogens is 2. The Morgan fingerprint density at radius 2 is 1.88 bits per heavy atom. The largest absolute Gasteiger partial charge is 0.493 e. The van der Waals surface area contributed by atoms with Gasteiger partial charge in [0.25, 0.3) is 0 Å². The van der Waals surface area contributed by atoms with Crippen LogP contribution in [0, 0.1) is 11.6 Å². The molecular formula is C22H24F2N4O3S. The zero-order chi connectivity index (χ0) is 23.3. The van der Waals surface area contributed by atoms with Gasteiger partial charge < -0.3 is 19.4 Å². The number of aromatic nitrogens is 3. The minimum Gasteiger partial charge on any atom is -0.493 e. The van der Waals surface area contributed by atoms with Gasteiger partial charge in [-0.05, 0) is 45.0 Å². The van der Waals surface area contributed by atoms with Crippen molar-refractivity contribution in [2.45, 2.75) is 43.8 Å². The molecule has 2 atom stereocenters. The number of hydrogen-bond donors (Lipinski definition) is 1. The molecule has 0 bridgehead atoms. The molecule has 2 aromatic carbocycles. The van der Waals surface area contributed by atoms with Gasteiger partial charge in [0.2, 0.25) is 5.91 Å². The molecule has 170 valence electrons. The maximum absolute atomic E-state index is 13.8. The Balaban J connectivity index is 1.71. The first kappa shape index (κ1) is 23.5. The summed E-state index contributed by atoms with van der Waals surface area (Å²) in [7, 11) is 1.57. The van der Waals surface area contributed by atoms with Gasteiger partial charge in [-0.1, -0.05) is 23.9 Å². The summed E-state index contributed by atoms with van der Waals surface area (Å²) in [6.07, 6.45) is -0.425. The number of rotatable bonds is 9. The number of carbonyl (C=O) groups excluding carboxylic acids is 1. The van der Waals surface area contributed by atoms with E-state index in [-0.39, 0.29) is 5.69 Å². The molecule has 0 aliphatic rings. The van der Waals surface area contributed by atoms with Crippen molar-refractivity contribution >= 4 is 23.4 Å². The molecule has 0 spiro atoms. The average Bonchev–Trinajstić information content (AvgIpc) is 3.18. The molecule has 3 aromatic rings. The zero-order valence-electron chi connectivity index (χ0n) is 18.1. The number of nitrogens with zero attached hydrogens (tertiary/aromatic N) is 3. The summed E-state index contributed by atoms with van der Waals surface area (Å²) in [6, 6.07) is 10.3. The second-order valence-electron chi connectivity index (χ2n) is 6.87. The highest BCUT2D eigenvalue weighted by atomic mass is 32.2. The summed E-state index contributed by atoms with van der Waals surface area (Å²) in [5, 5.41) is 10.9.